The SMILES string of the molecule is CC(=O)N1CC(NC(=O)N(C)C(C)c2cccc(Cl)c2)C1. The lowest BCUT2D eigenvalue weighted by atomic mass is 10.1. The average Bonchev–Trinajstić information content (AvgIpc) is 2.39. The molecule has 0 spiro atoms. The molecule has 0 saturated carbocycles. The van der Waals surface area contributed by atoms with Gasteiger partial charge in [-0.3, -0.25) is 4.79 Å². The van der Waals surface area contributed by atoms with E-state index in [0.29, 0.717) is 18.1 Å². The highest BCUT2D eigenvalue weighted by atomic mass is 35.5. The van der Waals surface area contributed by atoms with E-state index in [-0.39, 0.29) is 24.0 Å². The number of rotatable bonds is 3. The number of halogens is 1. The number of hydrogen-bond acceptors (Lipinski definition) is 2. The van der Waals surface area contributed by atoms with E-state index in [1.807, 2.05) is 31.2 Å². The van der Waals surface area contributed by atoms with Gasteiger partial charge in [-0.2, -0.15) is 0 Å². The Kier molecular flexibility index (Phi) is 4.73. The zero-order valence-corrected chi connectivity index (χ0v) is 13.2. The minimum atomic E-state index is -0.143. The summed E-state index contributed by atoms with van der Waals surface area (Å²) in [5.41, 5.74) is 0.985. The minimum absolute atomic E-state index is 0.0374. The zero-order chi connectivity index (χ0) is 15.6. The molecule has 1 aliphatic rings. The third-order valence-electron chi connectivity index (χ3n) is 3.89. The van der Waals surface area contributed by atoms with Crippen LogP contribution < -0.4 is 5.32 Å². The van der Waals surface area contributed by atoms with Gasteiger partial charge in [0.25, 0.3) is 0 Å². The van der Waals surface area contributed by atoms with Crippen molar-refractivity contribution >= 4 is 23.5 Å². The minimum Gasteiger partial charge on any atom is -0.339 e. The Morgan fingerprint density at radius 3 is 2.67 bits per heavy atom. The Hall–Kier alpha value is -1.75. The van der Waals surface area contributed by atoms with Crippen molar-refractivity contribution < 1.29 is 9.59 Å². The molecule has 0 bridgehead atoms. The van der Waals surface area contributed by atoms with Crippen LogP contribution in [0.1, 0.15) is 25.5 Å². The van der Waals surface area contributed by atoms with Crippen LogP contribution in [0.15, 0.2) is 24.3 Å². The first kappa shape index (κ1) is 15.6. The first-order valence-electron chi connectivity index (χ1n) is 6.92. The number of benzene rings is 1. The number of nitrogens with zero attached hydrogens (tertiary/aromatic N) is 2. The molecule has 1 aromatic rings. The van der Waals surface area contributed by atoms with Crippen LogP contribution in [-0.4, -0.2) is 47.9 Å². The number of nitrogens with one attached hydrogen (secondary N) is 1. The van der Waals surface area contributed by atoms with Crippen molar-refractivity contribution in [2.24, 2.45) is 0 Å². The van der Waals surface area contributed by atoms with Gasteiger partial charge in [0.1, 0.15) is 0 Å². The standard InChI is InChI=1S/C15H20ClN3O2/c1-10(12-5-4-6-13(16)7-12)18(3)15(21)17-14-8-19(9-14)11(2)20/h4-7,10,14H,8-9H2,1-3H3,(H,17,21). The summed E-state index contributed by atoms with van der Waals surface area (Å²) in [5.74, 6) is 0.0427. The lowest BCUT2D eigenvalue weighted by molar-refractivity contribution is -0.133. The highest BCUT2D eigenvalue weighted by molar-refractivity contribution is 6.30. The third kappa shape index (κ3) is 3.67. The fourth-order valence-electron chi connectivity index (χ4n) is 2.27. The lowest BCUT2D eigenvalue weighted by Gasteiger charge is -2.40. The predicted molar refractivity (Wildman–Crippen MR) is 82.2 cm³/mol. The van der Waals surface area contributed by atoms with E-state index in [0.717, 1.165) is 5.56 Å². The van der Waals surface area contributed by atoms with Gasteiger partial charge in [-0.1, -0.05) is 23.7 Å². The molecule has 1 N–H and O–H groups in total. The summed E-state index contributed by atoms with van der Waals surface area (Å²) >= 11 is 5.98. The molecule has 1 aliphatic heterocycles. The van der Waals surface area contributed by atoms with Crippen LogP contribution in [-0.2, 0) is 4.79 Å². The van der Waals surface area contributed by atoms with Crippen LogP contribution in [0.3, 0.4) is 0 Å². The third-order valence-corrected chi connectivity index (χ3v) is 4.12. The highest BCUT2D eigenvalue weighted by Gasteiger charge is 2.31. The second kappa shape index (κ2) is 6.35. The highest BCUT2D eigenvalue weighted by Crippen LogP contribution is 2.22. The molecule has 1 atom stereocenters. The summed E-state index contributed by atoms with van der Waals surface area (Å²) in [6.07, 6.45) is 0. The molecule has 0 aliphatic carbocycles. The summed E-state index contributed by atoms with van der Waals surface area (Å²) in [6.45, 7) is 4.65. The summed E-state index contributed by atoms with van der Waals surface area (Å²) in [7, 11) is 1.75. The van der Waals surface area contributed by atoms with Gasteiger partial charge >= 0.3 is 6.03 Å². The van der Waals surface area contributed by atoms with Crippen molar-refractivity contribution in [3.8, 4) is 0 Å². The van der Waals surface area contributed by atoms with Gasteiger partial charge in [0.15, 0.2) is 0 Å². The molecule has 5 nitrogen and oxygen atoms in total. The number of carbonyl (C=O) groups excluding carboxylic acids is 2. The van der Waals surface area contributed by atoms with Crippen molar-refractivity contribution in [2.45, 2.75) is 25.9 Å². The summed E-state index contributed by atoms with van der Waals surface area (Å²) < 4.78 is 0. The van der Waals surface area contributed by atoms with Crippen LogP contribution in [0.4, 0.5) is 4.79 Å². The van der Waals surface area contributed by atoms with Crippen molar-refractivity contribution in [2.75, 3.05) is 20.1 Å². The molecule has 114 valence electrons. The Morgan fingerprint density at radius 1 is 1.43 bits per heavy atom. The second-order valence-electron chi connectivity index (χ2n) is 5.41. The van der Waals surface area contributed by atoms with Crippen LogP contribution in [0.5, 0.6) is 0 Å². The first-order chi connectivity index (χ1) is 9.88. The molecule has 1 unspecified atom stereocenters. The van der Waals surface area contributed by atoms with E-state index < -0.39 is 0 Å². The molecule has 6 heteroatoms. The quantitative estimate of drug-likeness (QED) is 0.931. The second-order valence-corrected chi connectivity index (χ2v) is 5.85. The fraction of sp³-hybridized carbons (Fsp3) is 0.467. The first-order valence-corrected chi connectivity index (χ1v) is 7.30. The van der Waals surface area contributed by atoms with E-state index >= 15 is 0 Å². The van der Waals surface area contributed by atoms with E-state index in [1.165, 1.54) is 6.92 Å². The van der Waals surface area contributed by atoms with Gasteiger partial charge in [-0.25, -0.2) is 4.79 Å². The van der Waals surface area contributed by atoms with Crippen molar-refractivity contribution in [3.63, 3.8) is 0 Å². The van der Waals surface area contributed by atoms with Gasteiger partial charge in [0.05, 0.1) is 12.1 Å². The molecule has 0 radical (unpaired) electrons. The molecule has 1 heterocycles. The smallest absolute Gasteiger partial charge is 0.317 e. The van der Waals surface area contributed by atoms with Crippen molar-refractivity contribution in [1.82, 2.24) is 15.1 Å². The van der Waals surface area contributed by atoms with E-state index in [9.17, 15) is 9.59 Å². The van der Waals surface area contributed by atoms with Gasteiger partial charge in [0.2, 0.25) is 5.91 Å². The summed E-state index contributed by atoms with van der Waals surface area (Å²) in [4.78, 5) is 26.6. The maximum Gasteiger partial charge on any atom is 0.317 e. The normalized spacial score (nSPS) is 16.1. The monoisotopic (exact) mass is 309 g/mol. The van der Waals surface area contributed by atoms with Crippen LogP contribution in [0.25, 0.3) is 0 Å². The van der Waals surface area contributed by atoms with Gasteiger partial charge in [-0.05, 0) is 24.6 Å². The van der Waals surface area contributed by atoms with Crippen molar-refractivity contribution in [3.05, 3.63) is 34.9 Å². The Bertz CT molecular complexity index is 543. The van der Waals surface area contributed by atoms with Crippen LogP contribution >= 0.6 is 11.6 Å². The zero-order valence-electron chi connectivity index (χ0n) is 12.5. The number of urea groups is 1. The van der Waals surface area contributed by atoms with Gasteiger partial charge in [-0.15, -0.1) is 0 Å². The molecule has 1 saturated heterocycles. The molecule has 0 aromatic heterocycles. The molecule has 21 heavy (non-hydrogen) atoms. The molecular weight excluding hydrogens is 290 g/mol. The predicted octanol–water partition coefficient (Wildman–Crippen LogP) is 2.27. The number of likely N-dealkylation sites (tertiary alicyclic amines) is 1. The number of hydrogen-bond donors (Lipinski definition) is 1. The maximum atomic E-state index is 12.2. The fourth-order valence-corrected chi connectivity index (χ4v) is 2.47. The van der Waals surface area contributed by atoms with Crippen LogP contribution in [0.2, 0.25) is 5.02 Å². The Balaban J connectivity index is 1.89. The van der Waals surface area contributed by atoms with E-state index in [4.69, 9.17) is 11.6 Å². The average molecular weight is 310 g/mol. The summed E-state index contributed by atoms with van der Waals surface area (Å²) in [5, 5.41) is 3.58. The number of carbonyl (C=O) groups is 2. The van der Waals surface area contributed by atoms with Gasteiger partial charge < -0.3 is 15.1 Å². The molecular formula is C15H20ClN3O2. The Labute approximate surface area is 129 Å². The maximum absolute atomic E-state index is 12.2. The molecule has 1 aromatic carbocycles. The molecule has 2 rings (SSSR count). The van der Waals surface area contributed by atoms with Crippen molar-refractivity contribution in [1.29, 1.82) is 0 Å². The topological polar surface area (TPSA) is 52.7 Å². The number of amides is 3. The van der Waals surface area contributed by atoms with Crippen LogP contribution in [0, 0.1) is 0 Å². The lowest BCUT2D eigenvalue weighted by Crippen LogP contribution is -2.62. The van der Waals surface area contributed by atoms with E-state index in [1.54, 1.807) is 16.8 Å². The Morgan fingerprint density at radius 2 is 2.10 bits per heavy atom. The van der Waals surface area contributed by atoms with E-state index in [2.05, 4.69) is 5.32 Å². The molecule has 1 fully saturated rings. The summed E-state index contributed by atoms with van der Waals surface area (Å²) in [6, 6.07) is 7.30. The molecule has 3 amide bonds. The largest absolute Gasteiger partial charge is 0.339 e. The van der Waals surface area contributed by atoms with Gasteiger partial charge in [0, 0.05) is 32.1 Å².